The Morgan fingerprint density at radius 3 is 2.31 bits per heavy atom. The molecule has 11 nitrogen and oxygen atoms in total. The number of amides is 3. The van der Waals surface area contributed by atoms with Crippen molar-refractivity contribution in [3.8, 4) is 0 Å². The minimum Gasteiger partial charge on any atom is -0.480 e. The molecule has 9 N–H and O–H groups in total. The van der Waals surface area contributed by atoms with Crippen molar-refractivity contribution >= 4 is 46.4 Å². The van der Waals surface area contributed by atoms with E-state index in [1.165, 1.54) is 0 Å². The van der Waals surface area contributed by atoms with Gasteiger partial charge in [-0.2, -0.15) is 11.8 Å². The third-order valence-corrected chi connectivity index (χ3v) is 7.15. The minimum atomic E-state index is -1.20. The van der Waals surface area contributed by atoms with E-state index >= 15 is 0 Å². The molecular formula is C27H42N6O5S. The molecule has 0 aliphatic carbocycles. The van der Waals surface area contributed by atoms with E-state index in [0.717, 1.165) is 16.5 Å². The molecule has 216 valence electrons. The molecule has 1 aromatic carbocycles. The van der Waals surface area contributed by atoms with Gasteiger partial charge < -0.3 is 37.5 Å². The van der Waals surface area contributed by atoms with Crippen LogP contribution in [0.25, 0.3) is 10.9 Å². The van der Waals surface area contributed by atoms with Gasteiger partial charge in [0.05, 0.1) is 6.04 Å². The van der Waals surface area contributed by atoms with E-state index in [1.807, 2.05) is 30.5 Å². The lowest BCUT2D eigenvalue weighted by Crippen LogP contribution is -2.58. The fourth-order valence-corrected chi connectivity index (χ4v) is 4.68. The lowest BCUT2D eigenvalue weighted by Gasteiger charge is -2.27. The van der Waals surface area contributed by atoms with E-state index in [2.05, 4.69) is 20.9 Å². The van der Waals surface area contributed by atoms with Crippen molar-refractivity contribution in [2.45, 2.75) is 70.1 Å². The van der Waals surface area contributed by atoms with E-state index in [-0.39, 0.29) is 12.3 Å². The van der Waals surface area contributed by atoms with Gasteiger partial charge in [0.15, 0.2) is 0 Å². The Hall–Kier alpha value is -3.09. The molecular weight excluding hydrogens is 520 g/mol. The number of hydrogen-bond donors (Lipinski definition) is 7. The van der Waals surface area contributed by atoms with Gasteiger partial charge in [-0.05, 0) is 61.8 Å². The minimum absolute atomic E-state index is 0.0650. The van der Waals surface area contributed by atoms with Gasteiger partial charge in [-0.3, -0.25) is 14.4 Å². The molecule has 0 aliphatic rings. The smallest absolute Gasteiger partial charge is 0.326 e. The predicted molar refractivity (Wildman–Crippen MR) is 154 cm³/mol. The van der Waals surface area contributed by atoms with Crippen molar-refractivity contribution in [2.24, 2.45) is 17.4 Å². The molecule has 39 heavy (non-hydrogen) atoms. The molecule has 1 heterocycles. The first-order valence-corrected chi connectivity index (χ1v) is 14.6. The summed E-state index contributed by atoms with van der Waals surface area (Å²) in [5.41, 5.74) is 13.2. The SMILES string of the molecule is CSCCC(N)C(=O)NC(CCCCN)C(=O)NC(C(=O)NC(Cc1c[nH]c2ccccc12)C(=O)O)C(C)C. The third kappa shape index (κ3) is 9.86. The fourth-order valence-electron chi connectivity index (χ4n) is 4.19. The first-order valence-electron chi connectivity index (χ1n) is 13.2. The number of carbonyl (C=O) groups is 4. The normalized spacial score (nSPS) is 14.4. The molecule has 4 unspecified atom stereocenters. The Morgan fingerprint density at radius 2 is 1.67 bits per heavy atom. The number of rotatable bonds is 17. The summed E-state index contributed by atoms with van der Waals surface area (Å²) in [5, 5.41) is 18.7. The number of H-pyrrole nitrogens is 1. The van der Waals surface area contributed by atoms with Crippen LogP contribution in [-0.2, 0) is 25.6 Å². The van der Waals surface area contributed by atoms with Gasteiger partial charge >= 0.3 is 5.97 Å². The number of carboxylic acid groups (broad SMARTS) is 1. The standard InChI is InChI=1S/C27H42N6O5S/c1-16(2)23(33-25(35)21(10-6-7-12-28)31-24(34)19(29)11-13-39-3)26(36)32-22(27(37)38)14-17-15-30-20-9-5-4-8-18(17)20/h4-5,8-9,15-16,19,21-23,30H,6-7,10-14,28-29H2,1-3H3,(H,31,34)(H,32,36)(H,33,35)(H,37,38). The number of carbonyl (C=O) groups excluding carboxylic acids is 3. The Balaban J connectivity index is 2.13. The molecule has 3 amide bonds. The van der Waals surface area contributed by atoms with Crippen LogP contribution in [0.5, 0.6) is 0 Å². The number of carboxylic acids is 1. The number of aliphatic carboxylic acids is 1. The number of benzene rings is 1. The summed E-state index contributed by atoms with van der Waals surface area (Å²) in [5.74, 6) is -2.41. The first kappa shape index (κ1) is 32.1. The van der Waals surface area contributed by atoms with Crippen LogP contribution in [0.15, 0.2) is 30.5 Å². The van der Waals surface area contributed by atoms with Crippen molar-refractivity contribution in [3.63, 3.8) is 0 Å². The number of aromatic nitrogens is 1. The predicted octanol–water partition coefficient (Wildman–Crippen LogP) is 1.11. The van der Waals surface area contributed by atoms with Crippen LogP contribution in [0.2, 0.25) is 0 Å². The zero-order chi connectivity index (χ0) is 28.9. The maximum Gasteiger partial charge on any atom is 0.326 e. The van der Waals surface area contributed by atoms with Gasteiger partial charge in [-0.1, -0.05) is 32.0 Å². The van der Waals surface area contributed by atoms with Gasteiger partial charge in [0.2, 0.25) is 17.7 Å². The van der Waals surface area contributed by atoms with Crippen molar-refractivity contribution in [1.29, 1.82) is 0 Å². The van der Waals surface area contributed by atoms with Crippen molar-refractivity contribution in [2.75, 3.05) is 18.6 Å². The van der Waals surface area contributed by atoms with E-state index < -0.39 is 47.9 Å². The third-order valence-electron chi connectivity index (χ3n) is 6.51. The Bertz CT molecular complexity index is 1110. The molecule has 0 saturated carbocycles. The number of unbranched alkanes of at least 4 members (excludes halogenated alkanes) is 1. The fraction of sp³-hybridized carbons (Fsp3) is 0.556. The lowest BCUT2D eigenvalue weighted by atomic mass is 10.00. The highest BCUT2D eigenvalue weighted by atomic mass is 32.2. The average Bonchev–Trinajstić information content (AvgIpc) is 3.31. The van der Waals surface area contributed by atoms with E-state index in [1.54, 1.807) is 31.8 Å². The highest BCUT2D eigenvalue weighted by molar-refractivity contribution is 7.98. The first-order chi connectivity index (χ1) is 18.6. The van der Waals surface area contributed by atoms with Crippen LogP contribution in [0, 0.1) is 5.92 Å². The summed E-state index contributed by atoms with van der Waals surface area (Å²) in [6.45, 7) is 3.94. The van der Waals surface area contributed by atoms with Crippen molar-refractivity contribution < 1.29 is 24.3 Å². The van der Waals surface area contributed by atoms with E-state index in [9.17, 15) is 24.3 Å². The highest BCUT2D eigenvalue weighted by Gasteiger charge is 2.32. The van der Waals surface area contributed by atoms with Gasteiger partial charge in [0, 0.05) is 23.5 Å². The molecule has 0 radical (unpaired) electrons. The second-order valence-electron chi connectivity index (χ2n) is 9.93. The van der Waals surface area contributed by atoms with Gasteiger partial charge in [-0.15, -0.1) is 0 Å². The van der Waals surface area contributed by atoms with Crippen LogP contribution in [-0.4, -0.2) is 76.5 Å². The number of aromatic amines is 1. The van der Waals surface area contributed by atoms with Crippen LogP contribution < -0.4 is 27.4 Å². The molecule has 4 atom stereocenters. The summed E-state index contributed by atoms with van der Waals surface area (Å²) in [6, 6.07) is 3.62. The summed E-state index contributed by atoms with van der Waals surface area (Å²) in [6.07, 6.45) is 5.77. The maximum atomic E-state index is 13.2. The summed E-state index contributed by atoms with van der Waals surface area (Å²) in [4.78, 5) is 54.3. The van der Waals surface area contributed by atoms with E-state index in [0.29, 0.717) is 38.0 Å². The molecule has 1 aromatic heterocycles. The van der Waals surface area contributed by atoms with Crippen molar-refractivity contribution in [1.82, 2.24) is 20.9 Å². The molecule has 0 spiro atoms. The molecule has 12 heteroatoms. The Kier molecular flexibility index (Phi) is 13.3. The van der Waals surface area contributed by atoms with Crippen LogP contribution in [0.1, 0.15) is 45.1 Å². The second kappa shape index (κ2) is 16.1. The number of nitrogens with one attached hydrogen (secondary N) is 4. The zero-order valence-electron chi connectivity index (χ0n) is 22.9. The number of fused-ring (bicyclic) bond motifs is 1. The van der Waals surface area contributed by atoms with Crippen LogP contribution in [0.4, 0.5) is 0 Å². The van der Waals surface area contributed by atoms with Crippen LogP contribution in [0.3, 0.4) is 0 Å². The van der Waals surface area contributed by atoms with Gasteiger partial charge in [0.1, 0.15) is 18.1 Å². The van der Waals surface area contributed by atoms with Crippen molar-refractivity contribution in [3.05, 3.63) is 36.0 Å². The molecule has 0 fully saturated rings. The Labute approximate surface area is 233 Å². The number of nitrogens with two attached hydrogens (primary N) is 2. The summed E-state index contributed by atoms with van der Waals surface area (Å²) >= 11 is 1.57. The summed E-state index contributed by atoms with van der Waals surface area (Å²) in [7, 11) is 0. The van der Waals surface area contributed by atoms with E-state index in [4.69, 9.17) is 11.5 Å². The quantitative estimate of drug-likeness (QED) is 0.139. The maximum absolute atomic E-state index is 13.2. The monoisotopic (exact) mass is 562 g/mol. The molecule has 0 bridgehead atoms. The summed E-state index contributed by atoms with van der Waals surface area (Å²) < 4.78 is 0. The number of para-hydroxylation sites is 1. The van der Waals surface area contributed by atoms with Gasteiger partial charge in [0.25, 0.3) is 0 Å². The zero-order valence-corrected chi connectivity index (χ0v) is 23.7. The molecule has 2 rings (SSSR count). The molecule has 0 saturated heterocycles. The molecule has 2 aromatic rings. The Morgan fingerprint density at radius 1 is 0.974 bits per heavy atom. The number of thioether (sulfide) groups is 1. The average molecular weight is 563 g/mol. The lowest BCUT2D eigenvalue weighted by molar-refractivity contribution is -0.142. The highest BCUT2D eigenvalue weighted by Crippen LogP contribution is 2.19. The van der Waals surface area contributed by atoms with Gasteiger partial charge in [-0.25, -0.2) is 4.79 Å². The largest absolute Gasteiger partial charge is 0.480 e. The topological polar surface area (TPSA) is 192 Å². The van der Waals surface area contributed by atoms with Crippen LogP contribution >= 0.6 is 11.8 Å². The second-order valence-corrected chi connectivity index (χ2v) is 10.9. The molecule has 0 aliphatic heterocycles. The number of hydrogen-bond acceptors (Lipinski definition) is 7.